The van der Waals surface area contributed by atoms with E-state index in [1.165, 1.54) is 19.4 Å². The Morgan fingerprint density at radius 2 is 1.76 bits per heavy atom. The van der Waals surface area contributed by atoms with Crippen molar-refractivity contribution in [2.45, 2.75) is 78.9 Å². The van der Waals surface area contributed by atoms with Gasteiger partial charge in [-0.15, -0.1) is 0 Å². The van der Waals surface area contributed by atoms with E-state index in [0.29, 0.717) is 23.0 Å². The van der Waals surface area contributed by atoms with Crippen molar-refractivity contribution in [3.8, 4) is 0 Å². The van der Waals surface area contributed by atoms with Crippen LogP contribution in [0.15, 0.2) is 0 Å². The van der Waals surface area contributed by atoms with E-state index in [4.69, 9.17) is 0 Å². The third kappa shape index (κ3) is 3.23. The summed E-state index contributed by atoms with van der Waals surface area (Å²) in [5.41, 5.74) is 0.691. The van der Waals surface area contributed by atoms with E-state index >= 15 is 0 Å². The van der Waals surface area contributed by atoms with Crippen LogP contribution in [0.4, 0.5) is 0 Å². The zero-order chi connectivity index (χ0) is 13.3. The minimum atomic E-state index is 0.339. The van der Waals surface area contributed by atoms with Gasteiger partial charge >= 0.3 is 0 Å². The van der Waals surface area contributed by atoms with E-state index in [0.717, 1.165) is 6.54 Å². The average molecular weight is 240 g/mol. The van der Waals surface area contributed by atoms with Crippen LogP contribution < -0.4 is 5.32 Å². The summed E-state index contributed by atoms with van der Waals surface area (Å²) >= 11 is 0. The number of hydrogen-bond donors (Lipinski definition) is 1. The molecule has 1 saturated heterocycles. The predicted octanol–water partition coefficient (Wildman–Crippen LogP) is 3.27. The molecule has 0 amide bonds. The molecule has 0 bridgehead atoms. The second-order valence-electron chi connectivity index (χ2n) is 7.02. The second kappa shape index (κ2) is 5.27. The summed E-state index contributed by atoms with van der Waals surface area (Å²) in [4.78, 5) is 2.71. The number of nitrogens with zero attached hydrogens (tertiary/aromatic N) is 1. The quantitative estimate of drug-likeness (QED) is 0.814. The lowest BCUT2D eigenvalue weighted by Crippen LogP contribution is -2.67. The average Bonchev–Trinajstić information content (AvgIpc) is 2.26. The Morgan fingerprint density at radius 1 is 1.24 bits per heavy atom. The molecule has 1 fully saturated rings. The van der Waals surface area contributed by atoms with Gasteiger partial charge in [0.15, 0.2) is 0 Å². The molecule has 0 aromatic heterocycles. The number of piperazine rings is 1. The van der Waals surface area contributed by atoms with Crippen LogP contribution in [0.3, 0.4) is 0 Å². The Labute approximate surface area is 108 Å². The van der Waals surface area contributed by atoms with E-state index in [1.807, 2.05) is 0 Å². The summed E-state index contributed by atoms with van der Waals surface area (Å²) in [6.07, 6.45) is 2.45. The fourth-order valence-electron chi connectivity index (χ4n) is 3.02. The van der Waals surface area contributed by atoms with Crippen LogP contribution in [0.1, 0.15) is 61.3 Å². The summed E-state index contributed by atoms with van der Waals surface area (Å²) in [5.74, 6) is 0. The van der Waals surface area contributed by atoms with Crippen LogP contribution in [-0.4, -0.2) is 35.6 Å². The third-order valence-corrected chi connectivity index (χ3v) is 4.57. The van der Waals surface area contributed by atoms with Gasteiger partial charge in [0, 0.05) is 30.7 Å². The molecular weight excluding hydrogens is 208 g/mol. The lowest BCUT2D eigenvalue weighted by molar-refractivity contribution is -0.00177. The van der Waals surface area contributed by atoms with Crippen LogP contribution in [0.2, 0.25) is 0 Å². The van der Waals surface area contributed by atoms with Gasteiger partial charge in [0.2, 0.25) is 0 Å². The Morgan fingerprint density at radius 3 is 2.12 bits per heavy atom. The molecule has 0 spiro atoms. The van der Waals surface area contributed by atoms with E-state index in [1.54, 1.807) is 0 Å². The molecule has 2 nitrogen and oxygen atoms in total. The standard InChI is InChI=1S/C15H32N2/c1-8-15(9-2)11-17(12(3)4)13(10-16-15)14(5,6)7/h12-13,16H,8-11H2,1-7H3. The molecule has 17 heavy (non-hydrogen) atoms. The van der Waals surface area contributed by atoms with Crippen LogP contribution in [0.25, 0.3) is 0 Å². The highest BCUT2D eigenvalue weighted by Crippen LogP contribution is 2.32. The van der Waals surface area contributed by atoms with E-state index in [-0.39, 0.29) is 0 Å². The van der Waals surface area contributed by atoms with Crippen molar-refractivity contribution in [2.24, 2.45) is 5.41 Å². The molecule has 0 aliphatic carbocycles. The number of rotatable bonds is 3. The molecular formula is C15H32N2. The minimum Gasteiger partial charge on any atom is -0.308 e. The van der Waals surface area contributed by atoms with Gasteiger partial charge in [0.05, 0.1) is 0 Å². The monoisotopic (exact) mass is 240 g/mol. The Balaban J connectivity index is 2.88. The second-order valence-corrected chi connectivity index (χ2v) is 7.02. The summed E-state index contributed by atoms with van der Waals surface area (Å²) in [7, 11) is 0. The first-order chi connectivity index (χ1) is 7.75. The molecule has 1 N–H and O–H groups in total. The number of nitrogens with one attached hydrogen (secondary N) is 1. The van der Waals surface area contributed by atoms with Gasteiger partial charge in [-0.05, 0) is 32.1 Å². The van der Waals surface area contributed by atoms with Crippen molar-refractivity contribution in [2.75, 3.05) is 13.1 Å². The van der Waals surface area contributed by atoms with Gasteiger partial charge in [0.1, 0.15) is 0 Å². The highest BCUT2D eigenvalue weighted by Gasteiger charge is 2.41. The van der Waals surface area contributed by atoms with Crippen molar-refractivity contribution in [3.05, 3.63) is 0 Å². The smallest absolute Gasteiger partial charge is 0.0304 e. The van der Waals surface area contributed by atoms with Crippen molar-refractivity contribution in [1.29, 1.82) is 0 Å². The van der Waals surface area contributed by atoms with E-state index in [2.05, 4.69) is 58.7 Å². The molecule has 1 heterocycles. The zero-order valence-corrected chi connectivity index (χ0v) is 12.9. The zero-order valence-electron chi connectivity index (χ0n) is 12.9. The normalized spacial score (nSPS) is 26.5. The van der Waals surface area contributed by atoms with Crippen molar-refractivity contribution < 1.29 is 0 Å². The molecule has 1 unspecified atom stereocenters. The van der Waals surface area contributed by atoms with Gasteiger partial charge < -0.3 is 5.32 Å². The molecule has 1 rings (SSSR count). The number of hydrogen-bond acceptors (Lipinski definition) is 2. The maximum absolute atomic E-state index is 3.83. The fourth-order valence-corrected chi connectivity index (χ4v) is 3.02. The summed E-state index contributed by atoms with van der Waals surface area (Å²) in [6.45, 7) is 18.7. The van der Waals surface area contributed by atoms with Crippen molar-refractivity contribution in [3.63, 3.8) is 0 Å². The molecule has 1 atom stereocenters. The first kappa shape index (κ1) is 15.0. The minimum absolute atomic E-state index is 0.339. The molecule has 0 saturated carbocycles. The lowest BCUT2D eigenvalue weighted by atomic mass is 9.79. The molecule has 2 heteroatoms. The molecule has 0 radical (unpaired) electrons. The van der Waals surface area contributed by atoms with Gasteiger partial charge in [0.25, 0.3) is 0 Å². The third-order valence-electron chi connectivity index (χ3n) is 4.57. The SMILES string of the molecule is CCC1(CC)CN(C(C)C)C(C(C)(C)C)CN1. The fraction of sp³-hybridized carbons (Fsp3) is 1.00. The van der Waals surface area contributed by atoms with Gasteiger partial charge in [-0.1, -0.05) is 34.6 Å². The van der Waals surface area contributed by atoms with Crippen molar-refractivity contribution in [1.82, 2.24) is 10.2 Å². The largest absolute Gasteiger partial charge is 0.308 e. The topological polar surface area (TPSA) is 15.3 Å². The predicted molar refractivity (Wildman–Crippen MR) is 76.4 cm³/mol. The molecule has 0 aromatic rings. The van der Waals surface area contributed by atoms with E-state index in [9.17, 15) is 0 Å². The first-order valence-corrected chi connectivity index (χ1v) is 7.26. The highest BCUT2D eigenvalue weighted by atomic mass is 15.3. The molecule has 1 aliphatic rings. The van der Waals surface area contributed by atoms with Crippen LogP contribution in [0, 0.1) is 5.41 Å². The Bertz CT molecular complexity index is 236. The van der Waals surface area contributed by atoms with E-state index < -0.39 is 0 Å². The summed E-state index contributed by atoms with van der Waals surface area (Å²) < 4.78 is 0. The van der Waals surface area contributed by atoms with Crippen LogP contribution in [-0.2, 0) is 0 Å². The van der Waals surface area contributed by atoms with Gasteiger partial charge in [-0.2, -0.15) is 0 Å². The molecule has 1 aliphatic heterocycles. The first-order valence-electron chi connectivity index (χ1n) is 7.26. The Kier molecular flexibility index (Phi) is 4.65. The summed E-state index contributed by atoms with van der Waals surface area (Å²) in [6, 6.07) is 1.28. The maximum Gasteiger partial charge on any atom is 0.0304 e. The van der Waals surface area contributed by atoms with Gasteiger partial charge in [-0.25, -0.2) is 0 Å². The molecule has 102 valence electrons. The lowest BCUT2D eigenvalue weighted by Gasteiger charge is -2.53. The van der Waals surface area contributed by atoms with Crippen LogP contribution in [0.5, 0.6) is 0 Å². The van der Waals surface area contributed by atoms with Crippen LogP contribution >= 0.6 is 0 Å². The Hall–Kier alpha value is -0.0800. The maximum atomic E-state index is 3.83. The summed E-state index contributed by atoms with van der Waals surface area (Å²) in [5, 5.41) is 3.83. The highest BCUT2D eigenvalue weighted by molar-refractivity contribution is 5.00. The van der Waals surface area contributed by atoms with Crippen molar-refractivity contribution >= 4 is 0 Å². The molecule has 0 aromatic carbocycles. The van der Waals surface area contributed by atoms with Gasteiger partial charge in [-0.3, -0.25) is 4.90 Å².